The molecule has 8 nitrogen and oxygen atoms in total. The van der Waals surface area contributed by atoms with Gasteiger partial charge in [0.25, 0.3) is 5.91 Å². The van der Waals surface area contributed by atoms with E-state index in [1.807, 2.05) is 66.4 Å². The molecule has 40 heavy (non-hydrogen) atoms. The van der Waals surface area contributed by atoms with Crippen molar-refractivity contribution in [3.63, 3.8) is 0 Å². The molecule has 1 saturated heterocycles. The molecule has 1 saturated carbocycles. The summed E-state index contributed by atoms with van der Waals surface area (Å²) in [5.41, 5.74) is 0.921. The smallest absolute Gasteiger partial charge is 0.261 e. The molecule has 1 aliphatic carbocycles. The number of likely N-dealkylation sites (tertiary alicyclic amines) is 1. The second-order valence-electron chi connectivity index (χ2n) is 11.1. The van der Waals surface area contributed by atoms with E-state index in [0.717, 1.165) is 31.2 Å². The highest BCUT2D eigenvalue weighted by atomic mass is 35.5. The number of hydrogen-bond acceptors (Lipinski definition) is 5. The summed E-state index contributed by atoms with van der Waals surface area (Å²) >= 11 is 6.05. The number of benzene rings is 2. The molecule has 2 aromatic carbocycles. The van der Waals surface area contributed by atoms with Crippen molar-refractivity contribution in [1.29, 1.82) is 0 Å². The van der Waals surface area contributed by atoms with Gasteiger partial charge in [-0.2, -0.15) is 0 Å². The number of para-hydroxylation sites is 1. The Morgan fingerprint density at radius 2 is 1.65 bits per heavy atom. The van der Waals surface area contributed by atoms with E-state index in [4.69, 9.17) is 16.3 Å². The Hall–Kier alpha value is -3.10. The Morgan fingerprint density at radius 3 is 2.30 bits per heavy atom. The Kier molecular flexibility index (Phi) is 10.8. The quantitative estimate of drug-likeness (QED) is 0.421. The number of ether oxygens (including phenoxy) is 1. The van der Waals surface area contributed by atoms with E-state index in [2.05, 4.69) is 5.32 Å². The zero-order valence-electron chi connectivity index (χ0n) is 23.6. The van der Waals surface area contributed by atoms with E-state index in [-0.39, 0.29) is 36.4 Å². The molecule has 0 spiro atoms. The topological polar surface area (TPSA) is 82.2 Å². The molecule has 2 fully saturated rings. The lowest BCUT2D eigenvalue weighted by atomic mass is 9.91. The molecule has 1 atom stereocenters. The van der Waals surface area contributed by atoms with Crippen LogP contribution < -0.4 is 10.1 Å². The van der Waals surface area contributed by atoms with Gasteiger partial charge in [-0.1, -0.05) is 61.2 Å². The van der Waals surface area contributed by atoms with Crippen molar-refractivity contribution < 1.29 is 19.1 Å². The van der Waals surface area contributed by atoms with Crippen molar-refractivity contribution in [2.75, 3.05) is 40.3 Å². The highest BCUT2D eigenvalue weighted by molar-refractivity contribution is 6.30. The normalized spacial score (nSPS) is 16.8. The first-order valence-electron chi connectivity index (χ1n) is 14.3. The van der Waals surface area contributed by atoms with Gasteiger partial charge in [0, 0.05) is 43.5 Å². The number of nitrogens with zero attached hydrogens (tertiary/aromatic N) is 3. The van der Waals surface area contributed by atoms with E-state index in [9.17, 15) is 14.4 Å². The number of amides is 3. The van der Waals surface area contributed by atoms with Crippen molar-refractivity contribution in [1.82, 2.24) is 20.0 Å². The van der Waals surface area contributed by atoms with Gasteiger partial charge in [0.05, 0.1) is 6.04 Å². The molecule has 9 heteroatoms. The van der Waals surface area contributed by atoms with Gasteiger partial charge in [-0.3, -0.25) is 14.4 Å². The van der Waals surface area contributed by atoms with Crippen LogP contribution in [0.25, 0.3) is 0 Å². The summed E-state index contributed by atoms with van der Waals surface area (Å²) in [7, 11) is 3.82. The maximum Gasteiger partial charge on any atom is 0.261 e. The number of rotatable bonds is 12. The largest absolute Gasteiger partial charge is 0.484 e. The summed E-state index contributed by atoms with van der Waals surface area (Å²) < 4.78 is 5.80. The van der Waals surface area contributed by atoms with Gasteiger partial charge in [0.2, 0.25) is 11.8 Å². The molecule has 2 aliphatic rings. The van der Waals surface area contributed by atoms with Crippen LogP contribution in [-0.4, -0.2) is 90.9 Å². The maximum atomic E-state index is 13.6. The Balaban J connectivity index is 1.41. The predicted octanol–water partition coefficient (Wildman–Crippen LogP) is 3.77. The van der Waals surface area contributed by atoms with E-state index in [1.165, 1.54) is 6.42 Å². The Labute approximate surface area is 242 Å². The molecule has 1 unspecified atom stereocenters. The van der Waals surface area contributed by atoms with E-state index in [0.29, 0.717) is 43.2 Å². The van der Waals surface area contributed by atoms with Crippen LogP contribution in [0.3, 0.4) is 0 Å². The molecule has 0 radical (unpaired) electrons. The summed E-state index contributed by atoms with van der Waals surface area (Å²) in [6, 6.07) is 16.1. The number of carbonyl (C=O) groups is 3. The van der Waals surface area contributed by atoms with Gasteiger partial charge >= 0.3 is 0 Å². The molecule has 3 amide bonds. The minimum atomic E-state index is -0.683. The van der Waals surface area contributed by atoms with Crippen molar-refractivity contribution >= 4 is 29.3 Å². The molecule has 216 valence electrons. The number of carbonyl (C=O) groups excluding carboxylic acids is 3. The summed E-state index contributed by atoms with van der Waals surface area (Å²) in [5.74, 6) is 0.346. The van der Waals surface area contributed by atoms with Gasteiger partial charge < -0.3 is 24.8 Å². The number of nitrogens with one attached hydrogen (secondary N) is 1. The van der Waals surface area contributed by atoms with Crippen molar-refractivity contribution in [2.45, 2.75) is 63.1 Å². The molecule has 2 aromatic rings. The minimum absolute atomic E-state index is 0.0217. The van der Waals surface area contributed by atoms with Crippen LogP contribution in [0.5, 0.6) is 5.75 Å². The molecule has 1 aliphatic heterocycles. The third kappa shape index (κ3) is 8.45. The number of halogens is 1. The standard InChI is InChI=1S/C31H41ClN4O4/c1-34(2)18-17-29(37)33-28(19-23-13-15-24(32)16-14-23)31(39)35-20-26(21-35)36(25-9-5-3-6-10-25)30(38)22-40-27-11-7-4-8-12-27/h4,7-8,11-16,25-26,28H,3,5-6,9-10,17-22H2,1-2H3,(H,33,37). The predicted molar refractivity (Wildman–Crippen MR) is 156 cm³/mol. The Morgan fingerprint density at radius 1 is 0.975 bits per heavy atom. The monoisotopic (exact) mass is 568 g/mol. The van der Waals surface area contributed by atoms with Gasteiger partial charge in [-0.05, 0) is 56.8 Å². The van der Waals surface area contributed by atoms with Gasteiger partial charge in [-0.15, -0.1) is 0 Å². The maximum absolute atomic E-state index is 13.6. The van der Waals surface area contributed by atoms with Crippen LogP contribution in [0.4, 0.5) is 0 Å². The highest BCUT2D eigenvalue weighted by Gasteiger charge is 2.42. The van der Waals surface area contributed by atoms with Crippen LogP contribution >= 0.6 is 11.6 Å². The first kappa shape index (κ1) is 29.9. The minimum Gasteiger partial charge on any atom is -0.484 e. The molecule has 1 heterocycles. The third-order valence-corrected chi connectivity index (χ3v) is 7.95. The molecule has 0 aromatic heterocycles. The van der Waals surface area contributed by atoms with Crippen molar-refractivity contribution in [3.8, 4) is 5.75 Å². The van der Waals surface area contributed by atoms with Gasteiger partial charge in [-0.25, -0.2) is 0 Å². The average Bonchev–Trinajstić information content (AvgIpc) is 2.94. The molecule has 1 N–H and O–H groups in total. The lowest BCUT2D eigenvalue weighted by molar-refractivity contribution is -0.153. The van der Waals surface area contributed by atoms with Crippen molar-refractivity contribution in [3.05, 3.63) is 65.2 Å². The summed E-state index contributed by atoms with van der Waals surface area (Å²) in [6.45, 7) is 1.49. The number of hydrogen-bond donors (Lipinski definition) is 1. The fraction of sp³-hybridized carbons (Fsp3) is 0.516. The second-order valence-corrected chi connectivity index (χ2v) is 11.5. The van der Waals surface area contributed by atoms with Crippen molar-refractivity contribution in [2.24, 2.45) is 0 Å². The zero-order valence-corrected chi connectivity index (χ0v) is 24.3. The van der Waals surface area contributed by atoms with Gasteiger partial charge in [0.15, 0.2) is 6.61 Å². The third-order valence-electron chi connectivity index (χ3n) is 7.70. The van der Waals surface area contributed by atoms with Crippen LogP contribution in [0.15, 0.2) is 54.6 Å². The first-order valence-corrected chi connectivity index (χ1v) is 14.6. The highest BCUT2D eigenvalue weighted by Crippen LogP contribution is 2.28. The fourth-order valence-corrected chi connectivity index (χ4v) is 5.61. The fourth-order valence-electron chi connectivity index (χ4n) is 5.48. The first-order chi connectivity index (χ1) is 19.3. The lowest BCUT2D eigenvalue weighted by Gasteiger charge is -2.49. The van der Waals surface area contributed by atoms with Crippen LogP contribution in [0, 0.1) is 0 Å². The molecular weight excluding hydrogens is 528 g/mol. The molecule has 0 bridgehead atoms. The summed E-state index contributed by atoms with van der Waals surface area (Å²) in [5, 5.41) is 3.58. The average molecular weight is 569 g/mol. The van der Waals surface area contributed by atoms with E-state index in [1.54, 1.807) is 17.0 Å². The summed E-state index contributed by atoms with van der Waals surface area (Å²) in [4.78, 5) is 45.4. The van der Waals surface area contributed by atoms with E-state index < -0.39 is 6.04 Å². The van der Waals surface area contributed by atoms with Crippen LogP contribution in [0.2, 0.25) is 5.02 Å². The zero-order chi connectivity index (χ0) is 28.5. The van der Waals surface area contributed by atoms with E-state index >= 15 is 0 Å². The molecule has 4 rings (SSSR count). The molecular formula is C31H41ClN4O4. The SMILES string of the molecule is CN(C)CCC(=O)NC(Cc1ccc(Cl)cc1)C(=O)N1CC(N(C(=O)COc2ccccc2)C2CCCCC2)C1. The summed E-state index contributed by atoms with van der Waals surface area (Å²) in [6.07, 6.45) is 6.03. The second kappa shape index (κ2) is 14.5. The van der Waals surface area contributed by atoms with Crippen LogP contribution in [-0.2, 0) is 20.8 Å². The Bertz CT molecular complexity index is 1120. The lowest BCUT2D eigenvalue weighted by Crippen LogP contribution is -2.67. The van der Waals surface area contributed by atoms with Crippen LogP contribution in [0.1, 0.15) is 44.1 Å². The van der Waals surface area contributed by atoms with Gasteiger partial charge in [0.1, 0.15) is 11.8 Å².